The number of carbonyl (C=O) groups is 21. The standard InChI is InChI=1S/C79H106N18O28/c1-5-6-7-8-9-10-11-22-59(102)89-50(27-41-34-84-48-20-15-13-17-43(41)48)73(118)92-51(30-58(82)101)74(119)94-54(33-65(111)112)75(120)97-67-40(4)125-79(124)55(29-57(100)44-18-12-14-19-46(44)80)95-78(123)66(38(2)26-62(105)106)96-76(121)56(37-98)90-61(104)35-85-70(115)52(31-63(107)108)91-68(113)39(3)87-72(117)53(32-64(109)110)93-71(116)49(88-60(103)36-86-77(67)122)21-16-25-83-69(114)45-28-42(99)23-24-47(45)81/h12-15,17-20,23-24,28,34,38-40,49-56,66-67,84,98-99H,5-11,16,21-22,25-27,29-33,35-37,80-81H2,1-4H3,(H2,82,101)(H,83,114)(H,85,115)(H,86,122)(H,87,117)(H,88,103)(H,89,102)(H,90,104)(H,91,113)(H,92,118)(H,93,116)(H,94,119)(H,95,123)(H,96,121)(H,97,120)(H,105,106)(H,107,108)(H,109,110)(H,111,112)/t38-,39-,40?,49+,50+,51+,52+,53?,54+,55+,56-,66?,67?/m1/s1. The van der Waals surface area contributed by atoms with Crippen LogP contribution in [0.2, 0.25) is 0 Å². The van der Waals surface area contributed by atoms with Gasteiger partial charge in [-0.25, -0.2) is 4.79 Å². The van der Waals surface area contributed by atoms with E-state index in [2.05, 4.69) is 70.4 Å². The number of aliphatic hydroxyl groups is 1. The van der Waals surface area contributed by atoms with Crippen molar-refractivity contribution in [3.05, 3.63) is 89.6 Å². The van der Waals surface area contributed by atoms with Crippen molar-refractivity contribution in [1.29, 1.82) is 0 Å². The molecule has 680 valence electrons. The Hall–Kier alpha value is -14.4. The number of aromatic amines is 1. The second-order valence-corrected chi connectivity index (χ2v) is 29.5. The number of H-pyrrole nitrogens is 1. The number of ether oxygens (including phenoxy) is 1. The highest BCUT2D eigenvalue weighted by atomic mass is 16.5. The minimum Gasteiger partial charge on any atom is -0.508 e. The highest BCUT2D eigenvalue weighted by Gasteiger charge is 2.41. The average Bonchev–Trinajstić information content (AvgIpc) is 1.76. The Bertz CT molecular complexity index is 4630. The predicted octanol–water partition coefficient (Wildman–Crippen LogP) is -4.86. The fourth-order valence-electron chi connectivity index (χ4n) is 12.8. The third-order valence-electron chi connectivity index (χ3n) is 19.4. The molecule has 2 heterocycles. The Morgan fingerprint density at radius 3 is 1.71 bits per heavy atom. The van der Waals surface area contributed by atoms with Crippen LogP contribution in [0.15, 0.2) is 72.9 Å². The van der Waals surface area contributed by atoms with Gasteiger partial charge in [0.15, 0.2) is 5.78 Å². The number of esters is 1. The van der Waals surface area contributed by atoms with Crippen LogP contribution in [0.25, 0.3) is 10.9 Å². The van der Waals surface area contributed by atoms with Gasteiger partial charge in [0.25, 0.3) is 5.91 Å². The summed E-state index contributed by atoms with van der Waals surface area (Å²) in [4.78, 5) is 292. The summed E-state index contributed by atoms with van der Waals surface area (Å²) < 4.78 is 5.71. The number of aromatic nitrogens is 1. The van der Waals surface area contributed by atoms with E-state index in [1.54, 1.807) is 30.5 Å². The molecule has 1 aliphatic rings. The molecule has 1 fully saturated rings. The number of nitrogens with one attached hydrogen (secondary N) is 15. The predicted molar refractivity (Wildman–Crippen MR) is 436 cm³/mol. The van der Waals surface area contributed by atoms with Crippen molar-refractivity contribution >= 4 is 147 Å². The molecule has 46 heteroatoms. The zero-order chi connectivity index (χ0) is 92.9. The zero-order valence-corrected chi connectivity index (χ0v) is 68.7. The van der Waals surface area contributed by atoms with Gasteiger partial charge in [0.2, 0.25) is 82.7 Å². The number of aliphatic carboxylic acids is 4. The lowest BCUT2D eigenvalue weighted by Gasteiger charge is -2.30. The van der Waals surface area contributed by atoms with Crippen molar-refractivity contribution in [3.8, 4) is 5.75 Å². The average molecular weight is 1760 g/mol. The van der Waals surface area contributed by atoms with E-state index in [0.717, 1.165) is 58.9 Å². The first-order chi connectivity index (χ1) is 59.1. The number of ketones is 1. The number of carboxylic acids is 4. The first-order valence-electron chi connectivity index (χ1n) is 39.7. The highest BCUT2D eigenvalue weighted by Crippen LogP contribution is 2.23. The normalized spacial score (nSPS) is 20.3. The van der Waals surface area contributed by atoms with Crippen molar-refractivity contribution in [2.24, 2.45) is 11.7 Å². The maximum absolute atomic E-state index is 15.0. The Kier molecular flexibility index (Phi) is 40.6. The third kappa shape index (κ3) is 33.9. The number of hydrogen-bond donors (Lipinski definition) is 24. The van der Waals surface area contributed by atoms with Crippen LogP contribution in [-0.4, -0.2) is 259 Å². The number of aliphatic hydroxyl groups excluding tert-OH is 1. The highest BCUT2D eigenvalue weighted by molar-refractivity contribution is 6.06. The van der Waals surface area contributed by atoms with Gasteiger partial charge >= 0.3 is 29.8 Å². The summed E-state index contributed by atoms with van der Waals surface area (Å²) >= 11 is 0. The molecule has 15 amide bonds. The van der Waals surface area contributed by atoms with Crippen molar-refractivity contribution in [2.75, 3.05) is 37.7 Å². The molecule has 3 aromatic carbocycles. The molecule has 0 saturated carbocycles. The SMILES string of the molecule is CCCCCCCCCC(=O)N[C@@H](Cc1c[nH]c2ccccc12)C(=O)N[C@@H](CC(N)=O)C(=O)N[C@@H](CC(=O)O)C(=O)NC1C(=O)NCC(=O)N[C@@H](CCCNC(=O)c2cc(O)ccc2N)C(=O)NC(CC(=O)O)C(=O)N[C@H](C)C(=O)N[C@@H](CC(=O)O)C(=O)NCC(=O)N[C@H](CO)C(=O)NC([C@H](C)CC(=O)O)C(=O)N[C@@H](CC(=O)c2ccccc2N)C(=O)OC1C. The van der Waals surface area contributed by atoms with E-state index in [0.29, 0.717) is 29.3 Å². The number of unbranched alkanes of at least 4 members (excludes halogenated alkanes) is 6. The van der Waals surface area contributed by atoms with E-state index < -0.39 is 267 Å². The number of hydrogen-bond acceptors (Lipinski definition) is 26. The van der Waals surface area contributed by atoms with Crippen LogP contribution in [0, 0.1) is 5.92 Å². The summed E-state index contributed by atoms with van der Waals surface area (Å²) in [6, 6.07) is -7.92. The summed E-state index contributed by atoms with van der Waals surface area (Å²) in [5, 5.41) is 91.5. The second kappa shape index (κ2) is 50.1. The van der Waals surface area contributed by atoms with Crippen molar-refractivity contribution in [3.63, 3.8) is 0 Å². The number of nitrogen functional groups attached to an aromatic ring is 2. The Balaban J connectivity index is 1.64. The molecule has 0 spiro atoms. The lowest BCUT2D eigenvalue weighted by Crippen LogP contribution is -2.62. The van der Waals surface area contributed by atoms with Gasteiger partial charge in [-0.1, -0.05) is 82.7 Å². The van der Waals surface area contributed by atoms with Crippen molar-refractivity contribution < 1.29 is 136 Å². The summed E-state index contributed by atoms with van der Waals surface area (Å²) in [5.41, 5.74) is 17.9. The van der Waals surface area contributed by atoms with Crippen LogP contribution in [0.4, 0.5) is 11.4 Å². The van der Waals surface area contributed by atoms with Gasteiger partial charge in [-0.2, -0.15) is 0 Å². The number of aromatic hydroxyl groups is 1. The smallest absolute Gasteiger partial charge is 0.329 e. The summed E-state index contributed by atoms with van der Waals surface area (Å²) in [6.45, 7) is 0.679. The van der Waals surface area contributed by atoms with Gasteiger partial charge in [-0.15, -0.1) is 0 Å². The van der Waals surface area contributed by atoms with Crippen LogP contribution < -0.4 is 91.6 Å². The van der Waals surface area contributed by atoms with E-state index in [-0.39, 0.29) is 54.1 Å². The number of phenolic OH excluding ortho intramolecular Hbond substituents is 1. The summed E-state index contributed by atoms with van der Waals surface area (Å²) in [7, 11) is 0. The monoisotopic (exact) mass is 1750 g/mol. The Morgan fingerprint density at radius 2 is 1.09 bits per heavy atom. The van der Waals surface area contributed by atoms with Gasteiger partial charge in [0.05, 0.1) is 57.4 Å². The molecule has 4 aromatic rings. The number of cyclic esters (lactones) is 1. The molecule has 46 nitrogen and oxygen atoms in total. The molecule has 1 aromatic heterocycles. The molecule has 4 unspecified atom stereocenters. The van der Waals surface area contributed by atoms with Crippen LogP contribution in [0.5, 0.6) is 5.75 Å². The number of carbonyl (C=O) groups excluding carboxylic acids is 17. The van der Waals surface area contributed by atoms with Crippen LogP contribution >= 0.6 is 0 Å². The topological polar surface area (TPSA) is 751 Å². The number of nitrogens with two attached hydrogens (primary N) is 3. The number of Topliss-reactive ketones (excluding diaryl/α,β-unsaturated/α-hetero) is 1. The number of phenols is 1. The van der Waals surface area contributed by atoms with Gasteiger partial charge in [-0.3, -0.25) is 95.9 Å². The molecule has 13 atom stereocenters. The molecular weight excluding hydrogens is 1650 g/mol. The molecule has 1 saturated heterocycles. The lowest BCUT2D eigenvalue weighted by molar-refractivity contribution is -0.156. The fraction of sp³-hybridized carbons (Fsp3) is 0.481. The van der Waals surface area contributed by atoms with Gasteiger partial charge < -0.3 is 132 Å². The van der Waals surface area contributed by atoms with E-state index in [1.165, 1.54) is 36.4 Å². The van der Waals surface area contributed by atoms with Crippen LogP contribution in [-0.2, 0) is 102 Å². The van der Waals surface area contributed by atoms with Gasteiger partial charge in [0.1, 0.15) is 78.3 Å². The first kappa shape index (κ1) is 101. The van der Waals surface area contributed by atoms with Crippen LogP contribution in [0.3, 0.4) is 0 Å². The minimum atomic E-state index is -2.52. The maximum atomic E-state index is 15.0. The minimum absolute atomic E-state index is 0.0368. The number of para-hydroxylation sites is 2. The number of rotatable bonds is 37. The Morgan fingerprint density at radius 1 is 0.536 bits per heavy atom. The number of amides is 15. The van der Waals surface area contributed by atoms with Gasteiger partial charge in [-0.05, 0) is 81.0 Å². The number of fused-ring (bicyclic) bond motifs is 1. The van der Waals surface area contributed by atoms with Crippen molar-refractivity contribution in [1.82, 2.24) is 79.4 Å². The summed E-state index contributed by atoms with van der Waals surface area (Å²) in [6.07, 6.45) is -3.20. The van der Waals surface area contributed by atoms with Crippen molar-refractivity contribution in [2.45, 2.75) is 209 Å². The van der Waals surface area contributed by atoms with E-state index >= 15 is 0 Å². The number of benzene rings is 3. The van der Waals surface area contributed by atoms with Gasteiger partial charge in [0, 0.05) is 59.8 Å². The molecule has 0 aliphatic carbocycles. The molecule has 0 radical (unpaired) electrons. The quantitative estimate of drug-likeness (QED) is 0.00662. The molecule has 0 bridgehead atoms. The Labute approximate surface area is 713 Å². The summed E-state index contributed by atoms with van der Waals surface area (Å²) in [5.74, 6) is -31.8. The van der Waals surface area contributed by atoms with E-state index in [1.807, 2.05) is 16.0 Å². The fourth-order valence-corrected chi connectivity index (χ4v) is 12.8. The number of carboxylic acid groups (broad SMARTS) is 4. The van der Waals surface area contributed by atoms with E-state index in [4.69, 9.17) is 21.9 Å². The second-order valence-electron chi connectivity index (χ2n) is 29.5. The molecule has 1 aliphatic heterocycles. The first-order valence-corrected chi connectivity index (χ1v) is 39.7. The zero-order valence-electron chi connectivity index (χ0n) is 68.7. The molecule has 27 N–H and O–H groups in total. The van der Waals surface area contributed by atoms with E-state index in [9.17, 15) is 131 Å². The van der Waals surface area contributed by atoms with Crippen LogP contribution in [0.1, 0.15) is 157 Å². The molecular formula is C79H106N18O28. The third-order valence-corrected chi connectivity index (χ3v) is 19.4. The largest absolute Gasteiger partial charge is 0.508 e. The molecule has 125 heavy (non-hydrogen) atoms. The number of primary amides is 1. The molecule has 5 rings (SSSR count). The maximum Gasteiger partial charge on any atom is 0.329 e. The lowest BCUT2D eigenvalue weighted by atomic mass is 9.96. The number of anilines is 2.